The standard InChI is InChI=1S/C14H15FN2O3/c1-2-19-13-7-9(15)3-5-11(13)17-14(18)12-6-4-10(8-16)20-12/h3-7H,2,8,16H2,1H3,(H,17,18). The highest BCUT2D eigenvalue weighted by Crippen LogP contribution is 2.26. The van der Waals surface area contributed by atoms with E-state index in [1.807, 2.05) is 0 Å². The van der Waals surface area contributed by atoms with Gasteiger partial charge in [0.2, 0.25) is 0 Å². The Morgan fingerprint density at radius 1 is 1.40 bits per heavy atom. The molecule has 20 heavy (non-hydrogen) atoms. The molecule has 2 aromatic rings. The molecule has 3 N–H and O–H groups in total. The number of nitrogens with two attached hydrogens (primary N) is 1. The van der Waals surface area contributed by atoms with Crippen molar-refractivity contribution in [2.75, 3.05) is 11.9 Å². The SMILES string of the molecule is CCOc1cc(F)ccc1NC(=O)c1ccc(CN)o1. The first-order chi connectivity index (χ1) is 9.63. The van der Waals surface area contributed by atoms with E-state index in [9.17, 15) is 9.18 Å². The number of hydrogen-bond acceptors (Lipinski definition) is 4. The summed E-state index contributed by atoms with van der Waals surface area (Å²) in [6, 6.07) is 7.05. The third-order valence-corrected chi connectivity index (χ3v) is 2.58. The van der Waals surface area contributed by atoms with Crippen LogP contribution in [0, 0.1) is 5.82 Å². The molecule has 1 heterocycles. The summed E-state index contributed by atoms with van der Waals surface area (Å²) in [6.45, 7) is 2.36. The Kier molecular flexibility index (Phi) is 4.37. The molecular formula is C14H15FN2O3. The summed E-state index contributed by atoms with van der Waals surface area (Å²) in [5.41, 5.74) is 5.79. The molecule has 0 unspecified atom stereocenters. The van der Waals surface area contributed by atoms with Crippen molar-refractivity contribution in [3.8, 4) is 5.75 Å². The van der Waals surface area contributed by atoms with Crippen LogP contribution in [-0.2, 0) is 6.54 Å². The molecule has 6 heteroatoms. The largest absolute Gasteiger partial charge is 0.492 e. The van der Waals surface area contributed by atoms with E-state index in [1.165, 1.54) is 24.3 Å². The first-order valence-corrected chi connectivity index (χ1v) is 6.16. The van der Waals surface area contributed by atoms with Gasteiger partial charge in [-0.25, -0.2) is 4.39 Å². The number of furan rings is 1. The summed E-state index contributed by atoms with van der Waals surface area (Å²) in [4.78, 5) is 12.0. The van der Waals surface area contributed by atoms with Gasteiger partial charge in [0.15, 0.2) is 5.76 Å². The van der Waals surface area contributed by atoms with Gasteiger partial charge in [0.1, 0.15) is 17.3 Å². The predicted octanol–water partition coefficient (Wildman–Crippen LogP) is 2.53. The summed E-state index contributed by atoms with van der Waals surface area (Å²) in [5, 5.41) is 2.61. The average molecular weight is 278 g/mol. The molecule has 0 saturated heterocycles. The minimum atomic E-state index is -0.447. The van der Waals surface area contributed by atoms with Gasteiger partial charge in [-0.2, -0.15) is 0 Å². The number of hydrogen-bond donors (Lipinski definition) is 2. The fraction of sp³-hybridized carbons (Fsp3) is 0.214. The minimum absolute atomic E-state index is 0.136. The number of carbonyl (C=O) groups is 1. The van der Waals surface area contributed by atoms with Crippen molar-refractivity contribution >= 4 is 11.6 Å². The van der Waals surface area contributed by atoms with Crippen LogP contribution >= 0.6 is 0 Å². The average Bonchev–Trinajstić information content (AvgIpc) is 2.91. The molecule has 1 aromatic carbocycles. The smallest absolute Gasteiger partial charge is 0.291 e. The van der Waals surface area contributed by atoms with E-state index in [1.54, 1.807) is 13.0 Å². The van der Waals surface area contributed by atoms with E-state index >= 15 is 0 Å². The fourth-order valence-electron chi connectivity index (χ4n) is 1.67. The first kappa shape index (κ1) is 14.1. The van der Waals surface area contributed by atoms with Crippen molar-refractivity contribution in [3.05, 3.63) is 47.7 Å². The summed E-state index contributed by atoms with van der Waals surface area (Å²) < 4.78 is 23.7. The van der Waals surface area contributed by atoms with Crippen LogP contribution in [0.1, 0.15) is 23.2 Å². The number of nitrogens with one attached hydrogen (secondary N) is 1. The van der Waals surface area contributed by atoms with Crippen LogP contribution in [0.15, 0.2) is 34.7 Å². The number of halogens is 1. The molecule has 0 spiro atoms. The number of carbonyl (C=O) groups excluding carboxylic acids is 1. The lowest BCUT2D eigenvalue weighted by molar-refractivity contribution is 0.0994. The van der Waals surface area contributed by atoms with Crippen molar-refractivity contribution in [1.29, 1.82) is 0 Å². The van der Waals surface area contributed by atoms with Crippen LogP contribution in [0.3, 0.4) is 0 Å². The lowest BCUT2D eigenvalue weighted by Crippen LogP contribution is -2.12. The molecule has 106 valence electrons. The Bertz CT molecular complexity index is 610. The van der Waals surface area contributed by atoms with Crippen molar-refractivity contribution in [2.24, 2.45) is 5.73 Å². The number of rotatable bonds is 5. The highest BCUT2D eigenvalue weighted by Gasteiger charge is 2.14. The number of benzene rings is 1. The zero-order chi connectivity index (χ0) is 14.5. The molecule has 0 bridgehead atoms. The van der Waals surface area contributed by atoms with Crippen LogP contribution in [0.5, 0.6) is 5.75 Å². The lowest BCUT2D eigenvalue weighted by atomic mass is 10.2. The van der Waals surface area contributed by atoms with E-state index in [4.69, 9.17) is 14.9 Å². The summed E-state index contributed by atoms with van der Waals surface area (Å²) in [7, 11) is 0. The molecule has 0 saturated carbocycles. The van der Waals surface area contributed by atoms with E-state index in [0.717, 1.165) is 0 Å². The predicted molar refractivity (Wildman–Crippen MR) is 72.1 cm³/mol. The van der Waals surface area contributed by atoms with E-state index in [0.29, 0.717) is 18.1 Å². The Labute approximate surface area is 115 Å². The van der Waals surface area contributed by atoms with Crippen LogP contribution in [-0.4, -0.2) is 12.5 Å². The van der Waals surface area contributed by atoms with E-state index in [2.05, 4.69) is 5.32 Å². The molecule has 0 aliphatic heterocycles. The zero-order valence-electron chi connectivity index (χ0n) is 11.0. The summed E-state index contributed by atoms with van der Waals surface area (Å²) >= 11 is 0. The highest BCUT2D eigenvalue weighted by atomic mass is 19.1. The van der Waals surface area contributed by atoms with Gasteiger partial charge in [-0.1, -0.05) is 0 Å². The molecule has 5 nitrogen and oxygen atoms in total. The Morgan fingerprint density at radius 2 is 2.20 bits per heavy atom. The van der Waals surface area contributed by atoms with Crippen molar-refractivity contribution in [2.45, 2.75) is 13.5 Å². The molecular weight excluding hydrogens is 263 g/mol. The zero-order valence-corrected chi connectivity index (χ0v) is 11.0. The second-order valence-electron chi connectivity index (χ2n) is 4.00. The second kappa shape index (κ2) is 6.21. The van der Waals surface area contributed by atoms with Gasteiger partial charge in [0.25, 0.3) is 5.91 Å². The molecule has 2 rings (SSSR count). The first-order valence-electron chi connectivity index (χ1n) is 6.16. The van der Waals surface area contributed by atoms with Crippen LogP contribution in [0.25, 0.3) is 0 Å². The van der Waals surface area contributed by atoms with Gasteiger partial charge >= 0.3 is 0 Å². The maximum atomic E-state index is 13.2. The fourth-order valence-corrected chi connectivity index (χ4v) is 1.67. The van der Waals surface area contributed by atoms with Crippen molar-refractivity contribution in [3.63, 3.8) is 0 Å². The quantitative estimate of drug-likeness (QED) is 0.881. The lowest BCUT2D eigenvalue weighted by Gasteiger charge is -2.10. The molecule has 0 radical (unpaired) electrons. The maximum absolute atomic E-state index is 13.2. The molecule has 0 fully saturated rings. The topological polar surface area (TPSA) is 77.5 Å². The molecule has 1 aromatic heterocycles. The Morgan fingerprint density at radius 3 is 2.85 bits per heavy atom. The van der Waals surface area contributed by atoms with Crippen LogP contribution in [0.4, 0.5) is 10.1 Å². The molecule has 1 amide bonds. The molecule has 0 aliphatic rings. The van der Waals surface area contributed by atoms with Gasteiger partial charge in [-0.05, 0) is 31.2 Å². The highest BCUT2D eigenvalue weighted by molar-refractivity contribution is 6.03. The number of ether oxygens (including phenoxy) is 1. The monoisotopic (exact) mass is 278 g/mol. The maximum Gasteiger partial charge on any atom is 0.291 e. The Balaban J connectivity index is 2.18. The summed E-state index contributed by atoms with van der Waals surface area (Å²) in [6.07, 6.45) is 0. The normalized spacial score (nSPS) is 10.3. The number of amides is 1. The van der Waals surface area contributed by atoms with Gasteiger partial charge in [-0.15, -0.1) is 0 Å². The van der Waals surface area contributed by atoms with E-state index in [-0.39, 0.29) is 18.1 Å². The van der Waals surface area contributed by atoms with Gasteiger partial charge in [0.05, 0.1) is 18.8 Å². The van der Waals surface area contributed by atoms with E-state index < -0.39 is 11.7 Å². The molecule has 0 aliphatic carbocycles. The van der Waals surface area contributed by atoms with Gasteiger partial charge in [-0.3, -0.25) is 4.79 Å². The Hall–Kier alpha value is -2.34. The summed E-state index contributed by atoms with van der Waals surface area (Å²) in [5.74, 6) is 0.0371. The third-order valence-electron chi connectivity index (χ3n) is 2.58. The molecule has 0 atom stereocenters. The third kappa shape index (κ3) is 3.16. The van der Waals surface area contributed by atoms with Crippen LogP contribution in [0.2, 0.25) is 0 Å². The van der Waals surface area contributed by atoms with Crippen molar-refractivity contribution in [1.82, 2.24) is 0 Å². The van der Waals surface area contributed by atoms with Gasteiger partial charge in [0, 0.05) is 6.07 Å². The van der Waals surface area contributed by atoms with Crippen LogP contribution < -0.4 is 15.8 Å². The number of anilines is 1. The van der Waals surface area contributed by atoms with Gasteiger partial charge < -0.3 is 20.2 Å². The second-order valence-corrected chi connectivity index (χ2v) is 4.00. The van der Waals surface area contributed by atoms with Crippen molar-refractivity contribution < 1.29 is 18.3 Å². The minimum Gasteiger partial charge on any atom is -0.492 e.